The molecule has 0 aliphatic heterocycles. The molecule has 0 saturated carbocycles. The smallest absolute Gasteiger partial charge is 0.272 e. The molecule has 90 valence electrons. The van der Waals surface area contributed by atoms with E-state index in [9.17, 15) is 8.78 Å². The Balaban J connectivity index is 2.94. The quantitative estimate of drug-likeness (QED) is 0.892. The van der Waals surface area contributed by atoms with Crippen LogP contribution < -0.4 is 10.5 Å². The number of benzene rings is 1. The molecule has 0 amide bonds. The van der Waals surface area contributed by atoms with Crippen LogP contribution in [0.1, 0.15) is 5.56 Å². The molecule has 1 aromatic rings. The predicted molar refractivity (Wildman–Crippen MR) is 60.7 cm³/mol. The summed E-state index contributed by atoms with van der Waals surface area (Å²) < 4.78 is 29.0. The Kier molecular flexibility index (Phi) is 5.25. The lowest BCUT2D eigenvalue weighted by atomic mass is 10.1. The van der Waals surface area contributed by atoms with E-state index in [0.717, 1.165) is 0 Å². The SMILES string of the molecule is NCCc1cc(Cl)cc(Cl)c1OCC(F)F. The molecule has 0 atom stereocenters. The normalized spacial score (nSPS) is 10.9. The fourth-order valence-corrected chi connectivity index (χ4v) is 1.85. The lowest BCUT2D eigenvalue weighted by molar-refractivity contribution is 0.0815. The summed E-state index contributed by atoms with van der Waals surface area (Å²) in [6, 6.07) is 3.06. The number of nitrogens with two attached hydrogens (primary N) is 1. The predicted octanol–water partition coefficient (Wildman–Crippen LogP) is 3.14. The first kappa shape index (κ1) is 13.5. The maximum Gasteiger partial charge on any atom is 0.272 e. The number of halogens is 4. The Bertz CT molecular complexity index is 361. The van der Waals surface area contributed by atoms with Gasteiger partial charge in [-0.05, 0) is 30.7 Å². The second-order valence-corrected chi connectivity index (χ2v) is 3.96. The highest BCUT2D eigenvalue weighted by Crippen LogP contribution is 2.32. The molecule has 0 unspecified atom stereocenters. The number of hydrogen-bond donors (Lipinski definition) is 1. The molecule has 0 spiro atoms. The Labute approximate surface area is 102 Å². The Morgan fingerprint density at radius 3 is 2.56 bits per heavy atom. The maximum absolute atomic E-state index is 12.0. The van der Waals surface area contributed by atoms with E-state index in [2.05, 4.69) is 0 Å². The van der Waals surface area contributed by atoms with Gasteiger partial charge in [-0.2, -0.15) is 0 Å². The fraction of sp³-hybridized carbons (Fsp3) is 0.400. The van der Waals surface area contributed by atoms with Gasteiger partial charge in [0, 0.05) is 5.02 Å². The zero-order valence-corrected chi connectivity index (χ0v) is 9.86. The molecule has 16 heavy (non-hydrogen) atoms. The van der Waals surface area contributed by atoms with Crippen LogP contribution in [0.3, 0.4) is 0 Å². The van der Waals surface area contributed by atoms with Gasteiger partial charge in [0.05, 0.1) is 5.02 Å². The van der Waals surface area contributed by atoms with Crippen molar-refractivity contribution in [3.63, 3.8) is 0 Å². The first-order valence-electron chi connectivity index (χ1n) is 4.63. The summed E-state index contributed by atoms with van der Waals surface area (Å²) >= 11 is 11.7. The number of ether oxygens (including phenoxy) is 1. The molecule has 0 aliphatic rings. The Hall–Kier alpha value is -0.580. The summed E-state index contributed by atoms with van der Waals surface area (Å²) in [5.41, 5.74) is 6.04. The van der Waals surface area contributed by atoms with Crippen LogP contribution in [0.25, 0.3) is 0 Å². The van der Waals surface area contributed by atoms with Crippen molar-refractivity contribution >= 4 is 23.2 Å². The summed E-state index contributed by atoms with van der Waals surface area (Å²) in [7, 11) is 0. The van der Waals surface area contributed by atoms with Crippen LogP contribution in [0, 0.1) is 0 Å². The van der Waals surface area contributed by atoms with Crippen molar-refractivity contribution < 1.29 is 13.5 Å². The van der Waals surface area contributed by atoms with E-state index in [-0.39, 0.29) is 10.8 Å². The molecule has 0 aromatic heterocycles. The fourth-order valence-electron chi connectivity index (χ4n) is 1.26. The van der Waals surface area contributed by atoms with Gasteiger partial charge in [0.25, 0.3) is 6.43 Å². The summed E-state index contributed by atoms with van der Waals surface area (Å²) in [6.07, 6.45) is -2.07. The average molecular weight is 270 g/mol. The lowest BCUT2D eigenvalue weighted by Gasteiger charge is -2.13. The van der Waals surface area contributed by atoms with Gasteiger partial charge in [-0.25, -0.2) is 8.78 Å². The van der Waals surface area contributed by atoms with Gasteiger partial charge >= 0.3 is 0 Å². The van der Waals surface area contributed by atoms with Gasteiger partial charge in [0.1, 0.15) is 12.4 Å². The van der Waals surface area contributed by atoms with Crippen LogP contribution in [0.15, 0.2) is 12.1 Å². The molecule has 6 heteroatoms. The van der Waals surface area contributed by atoms with Gasteiger partial charge in [0.2, 0.25) is 0 Å². The van der Waals surface area contributed by atoms with Crippen molar-refractivity contribution in [3.05, 3.63) is 27.7 Å². The van der Waals surface area contributed by atoms with E-state index in [4.69, 9.17) is 33.7 Å². The van der Waals surface area contributed by atoms with Crippen LogP contribution >= 0.6 is 23.2 Å². The van der Waals surface area contributed by atoms with Crippen LogP contribution in [0.4, 0.5) is 8.78 Å². The first-order valence-corrected chi connectivity index (χ1v) is 5.39. The van der Waals surface area contributed by atoms with Crippen LogP contribution in [-0.2, 0) is 6.42 Å². The topological polar surface area (TPSA) is 35.2 Å². The Morgan fingerprint density at radius 2 is 2.00 bits per heavy atom. The molecule has 0 heterocycles. The molecular formula is C10H11Cl2F2NO. The van der Waals surface area contributed by atoms with Crippen molar-refractivity contribution in [1.82, 2.24) is 0 Å². The second-order valence-electron chi connectivity index (χ2n) is 3.12. The van der Waals surface area contributed by atoms with E-state index in [0.29, 0.717) is 23.6 Å². The van der Waals surface area contributed by atoms with Crippen LogP contribution in [0.5, 0.6) is 5.75 Å². The zero-order valence-electron chi connectivity index (χ0n) is 8.35. The third-order valence-electron chi connectivity index (χ3n) is 1.85. The second kappa shape index (κ2) is 6.23. The molecule has 1 rings (SSSR count). The highest BCUT2D eigenvalue weighted by molar-refractivity contribution is 6.35. The van der Waals surface area contributed by atoms with E-state index in [1.165, 1.54) is 6.07 Å². The molecule has 2 nitrogen and oxygen atoms in total. The highest BCUT2D eigenvalue weighted by atomic mass is 35.5. The largest absolute Gasteiger partial charge is 0.486 e. The van der Waals surface area contributed by atoms with Gasteiger partial charge < -0.3 is 10.5 Å². The van der Waals surface area contributed by atoms with Gasteiger partial charge in [-0.3, -0.25) is 0 Å². The minimum Gasteiger partial charge on any atom is -0.486 e. The third-order valence-corrected chi connectivity index (χ3v) is 2.35. The average Bonchev–Trinajstić information content (AvgIpc) is 2.16. The van der Waals surface area contributed by atoms with Crippen molar-refractivity contribution in [1.29, 1.82) is 0 Å². The molecule has 0 saturated heterocycles. The van der Waals surface area contributed by atoms with Crippen LogP contribution in [-0.4, -0.2) is 19.6 Å². The molecule has 0 aliphatic carbocycles. The van der Waals surface area contributed by atoms with E-state index in [1.807, 2.05) is 0 Å². The molecule has 2 N–H and O–H groups in total. The highest BCUT2D eigenvalue weighted by Gasteiger charge is 2.12. The van der Waals surface area contributed by atoms with E-state index < -0.39 is 13.0 Å². The van der Waals surface area contributed by atoms with E-state index in [1.54, 1.807) is 6.07 Å². The summed E-state index contributed by atoms with van der Waals surface area (Å²) in [6.45, 7) is -0.333. The monoisotopic (exact) mass is 269 g/mol. The zero-order chi connectivity index (χ0) is 12.1. The number of alkyl halides is 2. The van der Waals surface area contributed by atoms with Gasteiger partial charge in [-0.15, -0.1) is 0 Å². The van der Waals surface area contributed by atoms with Gasteiger partial charge in [0.15, 0.2) is 0 Å². The van der Waals surface area contributed by atoms with Crippen molar-refractivity contribution in [2.45, 2.75) is 12.8 Å². The first-order chi connectivity index (χ1) is 7.54. The van der Waals surface area contributed by atoms with Crippen molar-refractivity contribution in [2.75, 3.05) is 13.2 Å². The van der Waals surface area contributed by atoms with Crippen molar-refractivity contribution in [2.24, 2.45) is 5.73 Å². The Morgan fingerprint density at radius 1 is 1.31 bits per heavy atom. The number of rotatable bonds is 5. The molecule has 0 radical (unpaired) electrons. The molecule has 0 fully saturated rings. The molecule has 1 aromatic carbocycles. The minimum absolute atomic E-state index is 0.219. The summed E-state index contributed by atoms with van der Waals surface area (Å²) in [5.74, 6) is 0.233. The standard InChI is InChI=1S/C10H11Cl2F2NO/c11-7-3-6(1-2-15)10(8(12)4-7)16-5-9(13)14/h3-4,9H,1-2,5,15H2. The van der Waals surface area contributed by atoms with Gasteiger partial charge in [-0.1, -0.05) is 23.2 Å². The summed E-state index contributed by atoms with van der Waals surface area (Å²) in [4.78, 5) is 0. The summed E-state index contributed by atoms with van der Waals surface area (Å²) in [5, 5.41) is 0.648. The maximum atomic E-state index is 12.0. The van der Waals surface area contributed by atoms with E-state index >= 15 is 0 Å². The molecule has 0 bridgehead atoms. The van der Waals surface area contributed by atoms with Crippen LogP contribution in [0.2, 0.25) is 10.0 Å². The van der Waals surface area contributed by atoms with Crippen molar-refractivity contribution in [3.8, 4) is 5.75 Å². The minimum atomic E-state index is -2.54. The third kappa shape index (κ3) is 3.77. The molecular weight excluding hydrogens is 259 g/mol. The lowest BCUT2D eigenvalue weighted by Crippen LogP contribution is -2.10. The number of hydrogen-bond acceptors (Lipinski definition) is 2.